The molecule has 1 aliphatic rings. The van der Waals surface area contributed by atoms with E-state index in [4.69, 9.17) is 9.47 Å². The summed E-state index contributed by atoms with van der Waals surface area (Å²) in [5, 5.41) is 3.45. The average molecular weight is 393 g/mol. The maximum absolute atomic E-state index is 12.5. The Morgan fingerprint density at radius 2 is 1.72 bits per heavy atom. The van der Waals surface area contributed by atoms with E-state index in [0.29, 0.717) is 30.6 Å². The van der Waals surface area contributed by atoms with Crippen LogP contribution in [0, 0.1) is 0 Å². The molecular formula is C17H29ClN2O4S. The number of ether oxygens (including phenoxy) is 2. The summed E-state index contributed by atoms with van der Waals surface area (Å²) in [5.74, 6) is 0.785. The third-order valence-corrected chi connectivity index (χ3v) is 5.85. The van der Waals surface area contributed by atoms with Gasteiger partial charge in [-0.05, 0) is 25.0 Å². The SMILES string of the molecule is COc1ccc(OC)c(S(=O)(=O)NCCNC2CCCCCC2)c1.Cl. The highest BCUT2D eigenvalue weighted by Crippen LogP contribution is 2.27. The molecule has 0 aromatic heterocycles. The normalized spacial score (nSPS) is 15.9. The van der Waals surface area contributed by atoms with Gasteiger partial charge in [0, 0.05) is 25.2 Å². The second-order valence-electron chi connectivity index (χ2n) is 6.06. The molecule has 144 valence electrons. The quantitative estimate of drug-likeness (QED) is 0.525. The molecule has 8 heteroatoms. The van der Waals surface area contributed by atoms with Crippen LogP contribution in [0.25, 0.3) is 0 Å². The van der Waals surface area contributed by atoms with E-state index in [1.54, 1.807) is 12.1 Å². The molecule has 1 saturated carbocycles. The van der Waals surface area contributed by atoms with Gasteiger partial charge in [0.1, 0.15) is 16.4 Å². The molecule has 0 spiro atoms. The van der Waals surface area contributed by atoms with Crippen molar-refractivity contribution in [1.29, 1.82) is 0 Å². The van der Waals surface area contributed by atoms with Gasteiger partial charge in [-0.15, -0.1) is 12.4 Å². The highest BCUT2D eigenvalue weighted by Gasteiger charge is 2.20. The first-order valence-corrected chi connectivity index (χ1v) is 10.00. The van der Waals surface area contributed by atoms with Crippen LogP contribution < -0.4 is 19.5 Å². The van der Waals surface area contributed by atoms with Crippen molar-refractivity contribution in [3.63, 3.8) is 0 Å². The summed E-state index contributed by atoms with van der Waals surface area (Å²) in [6.07, 6.45) is 7.47. The third kappa shape index (κ3) is 6.66. The van der Waals surface area contributed by atoms with Crippen molar-refractivity contribution in [1.82, 2.24) is 10.0 Å². The zero-order valence-corrected chi connectivity index (χ0v) is 16.5. The first kappa shape index (κ1) is 22.0. The maximum atomic E-state index is 12.5. The van der Waals surface area contributed by atoms with Crippen molar-refractivity contribution in [3.8, 4) is 11.5 Å². The lowest BCUT2D eigenvalue weighted by Crippen LogP contribution is -2.37. The lowest BCUT2D eigenvalue weighted by molar-refractivity contribution is 0.392. The predicted octanol–water partition coefficient (Wildman–Crippen LogP) is 2.72. The minimum absolute atomic E-state index is 0. The third-order valence-electron chi connectivity index (χ3n) is 4.37. The van der Waals surface area contributed by atoms with E-state index in [0.717, 1.165) is 0 Å². The van der Waals surface area contributed by atoms with Crippen LogP contribution in [0.15, 0.2) is 23.1 Å². The molecule has 1 aromatic rings. The monoisotopic (exact) mass is 392 g/mol. The fourth-order valence-corrected chi connectivity index (χ4v) is 4.23. The average Bonchev–Trinajstić information content (AvgIpc) is 2.87. The summed E-state index contributed by atoms with van der Waals surface area (Å²) < 4.78 is 37.9. The molecule has 2 rings (SSSR count). The zero-order chi connectivity index (χ0) is 17.4. The van der Waals surface area contributed by atoms with Gasteiger partial charge >= 0.3 is 0 Å². The standard InChI is InChI=1S/C17H28N2O4S.ClH/c1-22-15-9-10-16(23-2)17(13-15)24(20,21)19-12-11-18-14-7-5-3-4-6-8-14;/h9-10,13-14,18-19H,3-8,11-12H2,1-2H3;1H. The number of hydrogen-bond donors (Lipinski definition) is 2. The molecule has 0 amide bonds. The van der Waals surface area contributed by atoms with Crippen LogP contribution in [0.5, 0.6) is 11.5 Å². The largest absolute Gasteiger partial charge is 0.497 e. The lowest BCUT2D eigenvalue weighted by Gasteiger charge is -2.17. The van der Waals surface area contributed by atoms with Crippen molar-refractivity contribution >= 4 is 22.4 Å². The van der Waals surface area contributed by atoms with Gasteiger partial charge in [-0.1, -0.05) is 25.7 Å². The molecule has 1 aromatic carbocycles. The molecule has 0 saturated heterocycles. The molecular weight excluding hydrogens is 364 g/mol. The molecule has 25 heavy (non-hydrogen) atoms. The minimum Gasteiger partial charge on any atom is -0.497 e. The van der Waals surface area contributed by atoms with Gasteiger partial charge in [-0.3, -0.25) is 0 Å². The molecule has 1 fully saturated rings. The Bertz CT molecular complexity index is 617. The van der Waals surface area contributed by atoms with Crippen LogP contribution in [-0.4, -0.2) is 41.8 Å². The van der Waals surface area contributed by atoms with Crippen molar-refractivity contribution in [2.75, 3.05) is 27.3 Å². The van der Waals surface area contributed by atoms with Gasteiger partial charge < -0.3 is 14.8 Å². The van der Waals surface area contributed by atoms with Crippen LogP contribution in [0.4, 0.5) is 0 Å². The topological polar surface area (TPSA) is 76.7 Å². The van der Waals surface area contributed by atoms with Gasteiger partial charge in [-0.2, -0.15) is 0 Å². The second-order valence-corrected chi connectivity index (χ2v) is 7.79. The molecule has 0 atom stereocenters. The fourth-order valence-electron chi connectivity index (χ4n) is 3.02. The fraction of sp³-hybridized carbons (Fsp3) is 0.647. The van der Waals surface area contributed by atoms with E-state index in [2.05, 4.69) is 10.0 Å². The van der Waals surface area contributed by atoms with Gasteiger partial charge in [-0.25, -0.2) is 13.1 Å². The van der Waals surface area contributed by atoms with Gasteiger partial charge in [0.2, 0.25) is 10.0 Å². The van der Waals surface area contributed by atoms with Gasteiger partial charge in [0.15, 0.2) is 0 Å². The van der Waals surface area contributed by atoms with Crippen molar-refractivity contribution in [2.45, 2.75) is 49.5 Å². The van der Waals surface area contributed by atoms with Crippen LogP contribution in [0.2, 0.25) is 0 Å². The van der Waals surface area contributed by atoms with Crippen LogP contribution in [-0.2, 0) is 10.0 Å². The molecule has 0 heterocycles. The Kier molecular flexibility index (Phi) is 9.56. The van der Waals surface area contributed by atoms with Crippen molar-refractivity contribution in [3.05, 3.63) is 18.2 Å². The molecule has 0 radical (unpaired) electrons. The molecule has 0 unspecified atom stereocenters. The number of benzene rings is 1. The first-order valence-electron chi connectivity index (χ1n) is 8.52. The molecule has 2 N–H and O–H groups in total. The van der Waals surface area contributed by atoms with Crippen LogP contribution >= 0.6 is 12.4 Å². The van der Waals surface area contributed by atoms with Gasteiger partial charge in [0.25, 0.3) is 0 Å². The summed E-state index contributed by atoms with van der Waals surface area (Å²) in [5.41, 5.74) is 0. The highest BCUT2D eigenvalue weighted by atomic mass is 35.5. The number of methoxy groups -OCH3 is 2. The minimum atomic E-state index is -3.64. The summed E-state index contributed by atoms with van der Waals surface area (Å²) in [6, 6.07) is 5.24. The summed E-state index contributed by atoms with van der Waals surface area (Å²) in [6.45, 7) is 0.968. The molecule has 6 nitrogen and oxygen atoms in total. The van der Waals surface area contributed by atoms with E-state index in [-0.39, 0.29) is 17.3 Å². The first-order chi connectivity index (χ1) is 11.6. The van der Waals surface area contributed by atoms with E-state index < -0.39 is 10.0 Å². The van der Waals surface area contributed by atoms with Gasteiger partial charge in [0.05, 0.1) is 14.2 Å². The lowest BCUT2D eigenvalue weighted by atomic mass is 10.1. The van der Waals surface area contributed by atoms with Crippen LogP contribution in [0.3, 0.4) is 0 Å². The van der Waals surface area contributed by atoms with Crippen molar-refractivity contribution in [2.24, 2.45) is 0 Å². The zero-order valence-electron chi connectivity index (χ0n) is 14.9. The summed E-state index contributed by atoms with van der Waals surface area (Å²) in [4.78, 5) is 0.0961. The maximum Gasteiger partial charge on any atom is 0.244 e. The Morgan fingerprint density at radius 1 is 1.04 bits per heavy atom. The molecule has 0 bridgehead atoms. The second kappa shape index (κ2) is 10.9. The van der Waals surface area contributed by atoms with E-state index >= 15 is 0 Å². The van der Waals surface area contributed by atoms with Crippen molar-refractivity contribution < 1.29 is 17.9 Å². The smallest absolute Gasteiger partial charge is 0.244 e. The Hall–Kier alpha value is -1.02. The Morgan fingerprint density at radius 3 is 2.32 bits per heavy atom. The molecule has 1 aliphatic carbocycles. The Balaban J connectivity index is 0.00000312. The van der Waals surface area contributed by atoms with E-state index in [1.807, 2.05) is 0 Å². The summed E-state index contributed by atoms with van der Waals surface area (Å²) in [7, 11) is -0.686. The summed E-state index contributed by atoms with van der Waals surface area (Å²) >= 11 is 0. The Labute approximate surface area is 157 Å². The number of rotatable bonds is 8. The number of sulfonamides is 1. The number of nitrogens with one attached hydrogen (secondary N) is 2. The highest BCUT2D eigenvalue weighted by molar-refractivity contribution is 7.89. The van der Waals surface area contributed by atoms with E-state index in [9.17, 15) is 8.42 Å². The van der Waals surface area contributed by atoms with E-state index in [1.165, 1.54) is 58.8 Å². The number of halogens is 1. The predicted molar refractivity (Wildman–Crippen MR) is 101 cm³/mol. The van der Waals surface area contributed by atoms with Crippen LogP contribution in [0.1, 0.15) is 38.5 Å². The number of hydrogen-bond acceptors (Lipinski definition) is 5. The molecule has 0 aliphatic heterocycles.